The van der Waals surface area contributed by atoms with Crippen molar-refractivity contribution in [3.05, 3.63) is 53.6 Å². The summed E-state index contributed by atoms with van der Waals surface area (Å²) in [5.74, 6) is -0.121. The summed E-state index contributed by atoms with van der Waals surface area (Å²) in [6.07, 6.45) is 0. The number of carboxylic acid groups (broad SMARTS) is 1. The third-order valence-corrected chi connectivity index (χ3v) is 2.85. The third-order valence-electron chi connectivity index (χ3n) is 2.85. The fourth-order valence-corrected chi connectivity index (χ4v) is 1.91. The summed E-state index contributed by atoms with van der Waals surface area (Å²) in [4.78, 5) is 10.9. The van der Waals surface area contributed by atoms with Crippen molar-refractivity contribution in [2.45, 2.75) is 6.92 Å². The van der Waals surface area contributed by atoms with E-state index < -0.39 is 5.97 Å². The van der Waals surface area contributed by atoms with Crippen LogP contribution in [0.2, 0.25) is 0 Å². The number of aromatic carboxylic acids is 1. The van der Waals surface area contributed by atoms with E-state index in [2.05, 4.69) is 0 Å². The molecule has 0 saturated carbocycles. The number of methoxy groups -OCH3 is 1. The van der Waals surface area contributed by atoms with Crippen molar-refractivity contribution in [3.8, 4) is 16.9 Å². The first kappa shape index (κ1) is 12.2. The Morgan fingerprint density at radius 3 is 2.56 bits per heavy atom. The molecule has 0 aliphatic heterocycles. The Kier molecular flexibility index (Phi) is 3.33. The third kappa shape index (κ3) is 2.35. The Morgan fingerprint density at radius 2 is 1.94 bits per heavy atom. The largest absolute Gasteiger partial charge is 0.497 e. The Balaban J connectivity index is 2.47. The smallest absolute Gasteiger partial charge is 0.335 e. The van der Waals surface area contributed by atoms with Gasteiger partial charge in [0.2, 0.25) is 0 Å². The molecule has 2 rings (SSSR count). The summed E-state index contributed by atoms with van der Waals surface area (Å²) in [5, 5.41) is 8.93. The molecule has 0 heterocycles. The number of benzene rings is 2. The molecule has 0 aromatic heterocycles. The molecule has 0 fully saturated rings. The van der Waals surface area contributed by atoms with Crippen molar-refractivity contribution in [2.75, 3.05) is 7.11 Å². The Labute approximate surface area is 106 Å². The number of carbonyl (C=O) groups is 1. The van der Waals surface area contributed by atoms with E-state index in [0.717, 1.165) is 22.4 Å². The second-order valence-corrected chi connectivity index (χ2v) is 4.07. The van der Waals surface area contributed by atoms with Gasteiger partial charge in [0.05, 0.1) is 12.7 Å². The Hall–Kier alpha value is -2.29. The van der Waals surface area contributed by atoms with E-state index in [1.165, 1.54) is 0 Å². The van der Waals surface area contributed by atoms with Crippen LogP contribution in [0.5, 0.6) is 5.75 Å². The normalized spacial score (nSPS) is 10.1. The number of aryl methyl sites for hydroxylation is 1. The second kappa shape index (κ2) is 4.92. The minimum absolute atomic E-state index is 0.305. The zero-order chi connectivity index (χ0) is 13.1. The van der Waals surface area contributed by atoms with Crippen molar-refractivity contribution in [1.82, 2.24) is 0 Å². The topological polar surface area (TPSA) is 46.5 Å². The van der Waals surface area contributed by atoms with Crippen LogP contribution in [0.25, 0.3) is 11.1 Å². The quantitative estimate of drug-likeness (QED) is 0.897. The van der Waals surface area contributed by atoms with E-state index in [-0.39, 0.29) is 0 Å². The molecule has 0 aliphatic carbocycles. The molecule has 0 radical (unpaired) electrons. The van der Waals surface area contributed by atoms with E-state index in [9.17, 15) is 4.79 Å². The molecule has 0 spiro atoms. The van der Waals surface area contributed by atoms with Crippen molar-refractivity contribution >= 4 is 5.97 Å². The lowest BCUT2D eigenvalue weighted by molar-refractivity contribution is 0.0697. The van der Waals surface area contributed by atoms with E-state index in [4.69, 9.17) is 9.84 Å². The van der Waals surface area contributed by atoms with Gasteiger partial charge in [-0.2, -0.15) is 0 Å². The van der Waals surface area contributed by atoms with Gasteiger partial charge in [-0.05, 0) is 47.9 Å². The molecule has 0 amide bonds. The number of ether oxygens (including phenoxy) is 1. The van der Waals surface area contributed by atoms with E-state index in [0.29, 0.717) is 5.56 Å². The maximum absolute atomic E-state index is 10.9. The van der Waals surface area contributed by atoms with Gasteiger partial charge in [-0.3, -0.25) is 0 Å². The van der Waals surface area contributed by atoms with Gasteiger partial charge in [0.15, 0.2) is 0 Å². The van der Waals surface area contributed by atoms with Crippen molar-refractivity contribution in [2.24, 2.45) is 0 Å². The summed E-state index contributed by atoms with van der Waals surface area (Å²) in [6, 6.07) is 12.8. The highest BCUT2D eigenvalue weighted by atomic mass is 16.5. The molecule has 3 nitrogen and oxygen atoms in total. The monoisotopic (exact) mass is 242 g/mol. The molecule has 0 atom stereocenters. The highest BCUT2D eigenvalue weighted by molar-refractivity contribution is 5.89. The molecule has 18 heavy (non-hydrogen) atoms. The molecule has 92 valence electrons. The first-order valence-electron chi connectivity index (χ1n) is 5.60. The molecular formula is C15H14O3. The fraction of sp³-hybridized carbons (Fsp3) is 0.133. The SMILES string of the molecule is COc1cccc(-c2ccc(C(=O)O)cc2C)c1. The maximum Gasteiger partial charge on any atom is 0.335 e. The van der Waals surface area contributed by atoms with Gasteiger partial charge in [0, 0.05) is 0 Å². The number of hydrogen-bond donors (Lipinski definition) is 1. The molecule has 0 aliphatic rings. The van der Waals surface area contributed by atoms with Gasteiger partial charge >= 0.3 is 5.97 Å². The minimum atomic E-state index is -0.907. The van der Waals surface area contributed by atoms with Crippen molar-refractivity contribution in [3.63, 3.8) is 0 Å². The van der Waals surface area contributed by atoms with Crippen LogP contribution in [0.4, 0.5) is 0 Å². The lowest BCUT2D eigenvalue weighted by Gasteiger charge is -2.08. The first-order chi connectivity index (χ1) is 8.61. The van der Waals surface area contributed by atoms with E-state index in [1.807, 2.05) is 37.3 Å². The van der Waals surface area contributed by atoms with Gasteiger partial charge in [-0.1, -0.05) is 18.2 Å². The lowest BCUT2D eigenvalue weighted by atomic mass is 9.98. The summed E-state index contributed by atoms with van der Waals surface area (Å²) in [5.41, 5.74) is 3.27. The van der Waals surface area contributed by atoms with Crippen molar-refractivity contribution < 1.29 is 14.6 Å². The van der Waals surface area contributed by atoms with Gasteiger partial charge in [-0.25, -0.2) is 4.79 Å². The van der Waals surface area contributed by atoms with Crippen LogP contribution in [0.3, 0.4) is 0 Å². The molecular weight excluding hydrogens is 228 g/mol. The first-order valence-corrected chi connectivity index (χ1v) is 5.60. The van der Waals surface area contributed by atoms with Crippen LogP contribution in [0.1, 0.15) is 15.9 Å². The Morgan fingerprint density at radius 1 is 1.17 bits per heavy atom. The van der Waals surface area contributed by atoms with Crippen LogP contribution in [0.15, 0.2) is 42.5 Å². The van der Waals surface area contributed by atoms with Gasteiger partial charge in [0.25, 0.3) is 0 Å². The number of carboxylic acids is 1. The maximum atomic E-state index is 10.9. The molecule has 0 unspecified atom stereocenters. The number of hydrogen-bond acceptors (Lipinski definition) is 2. The summed E-state index contributed by atoms with van der Waals surface area (Å²) >= 11 is 0. The van der Waals surface area contributed by atoms with Crippen LogP contribution in [-0.4, -0.2) is 18.2 Å². The van der Waals surface area contributed by atoms with E-state index in [1.54, 1.807) is 19.2 Å². The average Bonchev–Trinajstić information content (AvgIpc) is 2.38. The Bertz CT molecular complexity index is 588. The fourth-order valence-electron chi connectivity index (χ4n) is 1.91. The zero-order valence-electron chi connectivity index (χ0n) is 10.3. The predicted molar refractivity (Wildman–Crippen MR) is 70.1 cm³/mol. The minimum Gasteiger partial charge on any atom is -0.497 e. The summed E-state index contributed by atoms with van der Waals surface area (Å²) < 4.78 is 5.18. The van der Waals surface area contributed by atoms with Crippen molar-refractivity contribution in [1.29, 1.82) is 0 Å². The number of rotatable bonds is 3. The van der Waals surface area contributed by atoms with Crippen LogP contribution in [-0.2, 0) is 0 Å². The summed E-state index contributed by atoms with van der Waals surface area (Å²) in [7, 11) is 1.62. The average molecular weight is 242 g/mol. The molecule has 1 N–H and O–H groups in total. The highest BCUT2D eigenvalue weighted by Gasteiger charge is 2.07. The molecule has 3 heteroatoms. The van der Waals surface area contributed by atoms with Crippen LogP contribution >= 0.6 is 0 Å². The van der Waals surface area contributed by atoms with Gasteiger partial charge in [0.1, 0.15) is 5.75 Å². The van der Waals surface area contributed by atoms with Gasteiger partial charge in [-0.15, -0.1) is 0 Å². The second-order valence-electron chi connectivity index (χ2n) is 4.07. The zero-order valence-corrected chi connectivity index (χ0v) is 10.3. The highest BCUT2D eigenvalue weighted by Crippen LogP contribution is 2.27. The van der Waals surface area contributed by atoms with Crippen LogP contribution in [0, 0.1) is 6.92 Å². The summed E-state index contributed by atoms with van der Waals surface area (Å²) in [6.45, 7) is 1.90. The molecule has 0 bridgehead atoms. The molecule has 2 aromatic carbocycles. The molecule has 2 aromatic rings. The van der Waals surface area contributed by atoms with E-state index >= 15 is 0 Å². The lowest BCUT2D eigenvalue weighted by Crippen LogP contribution is -1.97. The van der Waals surface area contributed by atoms with Gasteiger partial charge < -0.3 is 9.84 Å². The predicted octanol–water partition coefficient (Wildman–Crippen LogP) is 3.37. The standard InChI is InChI=1S/C15H14O3/c1-10-8-12(15(16)17)6-7-14(10)11-4-3-5-13(9-11)18-2/h3-9H,1-2H3,(H,16,17). The van der Waals surface area contributed by atoms with Crippen LogP contribution < -0.4 is 4.74 Å². The molecule has 0 saturated heterocycles.